The number of benzene rings is 2. The second-order valence-corrected chi connectivity index (χ2v) is 11.5. The Hall–Kier alpha value is -3.85. The van der Waals surface area contributed by atoms with E-state index in [9.17, 15) is 9.59 Å². The highest BCUT2D eigenvalue weighted by Crippen LogP contribution is 2.29. The first-order chi connectivity index (χ1) is 19.9. The lowest BCUT2D eigenvalue weighted by Gasteiger charge is -2.40. The average molecular weight is 572 g/mol. The number of hydrogen-bond donors (Lipinski definition) is 0. The standard InChI is InChI=1S/C32H37N5O3S/c1-4-5-6-8-25-12-14-26(15-13-25)31(39)36-19-18-35(21-24(36)3)29(38)22-41-32-34-33-30(28-9-7-20-40-28)37(32)27-16-10-23(2)11-17-27/h7,9-17,20,24H,4-6,8,18-19,21-22H2,1-3H3. The van der Waals surface area contributed by atoms with Crippen molar-refractivity contribution in [1.82, 2.24) is 24.6 Å². The number of carbonyl (C=O) groups excluding carboxylic acids is 2. The molecule has 0 N–H and O–H groups in total. The molecule has 9 heteroatoms. The monoisotopic (exact) mass is 571 g/mol. The molecule has 1 aliphatic rings. The minimum Gasteiger partial charge on any atom is -0.461 e. The van der Waals surface area contributed by atoms with Crippen molar-refractivity contribution in [3.8, 4) is 17.3 Å². The summed E-state index contributed by atoms with van der Waals surface area (Å²) < 4.78 is 7.52. The minimum atomic E-state index is -0.0730. The second-order valence-electron chi connectivity index (χ2n) is 10.6. The number of rotatable bonds is 10. The molecule has 2 aromatic heterocycles. The first-order valence-corrected chi connectivity index (χ1v) is 15.3. The lowest BCUT2D eigenvalue weighted by atomic mass is 10.0. The maximum Gasteiger partial charge on any atom is 0.254 e. The summed E-state index contributed by atoms with van der Waals surface area (Å²) in [5.74, 6) is 1.46. The Balaban J connectivity index is 1.20. The van der Waals surface area contributed by atoms with Gasteiger partial charge in [0.15, 0.2) is 10.9 Å². The molecule has 0 spiro atoms. The number of furan rings is 1. The van der Waals surface area contributed by atoms with Gasteiger partial charge in [0.2, 0.25) is 11.7 Å². The van der Waals surface area contributed by atoms with Crippen molar-refractivity contribution in [1.29, 1.82) is 0 Å². The van der Waals surface area contributed by atoms with Crippen LogP contribution in [0.4, 0.5) is 0 Å². The van der Waals surface area contributed by atoms with E-state index in [1.54, 1.807) is 6.26 Å². The summed E-state index contributed by atoms with van der Waals surface area (Å²) in [4.78, 5) is 30.2. The summed E-state index contributed by atoms with van der Waals surface area (Å²) in [6.07, 6.45) is 6.24. The fraction of sp³-hybridized carbons (Fsp3) is 0.375. The van der Waals surface area contributed by atoms with Gasteiger partial charge in [-0.25, -0.2) is 0 Å². The van der Waals surface area contributed by atoms with Crippen molar-refractivity contribution in [2.75, 3.05) is 25.4 Å². The van der Waals surface area contributed by atoms with E-state index >= 15 is 0 Å². The molecule has 1 atom stereocenters. The van der Waals surface area contributed by atoms with Crippen LogP contribution in [0.1, 0.15) is 54.6 Å². The predicted molar refractivity (Wildman–Crippen MR) is 161 cm³/mol. The van der Waals surface area contributed by atoms with E-state index in [0.717, 1.165) is 17.7 Å². The third-order valence-corrected chi connectivity index (χ3v) is 8.42. The van der Waals surface area contributed by atoms with E-state index in [2.05, 4.69) is 29.3 Å². The van der Waals surface area contributed by atoms with Gasteiger partial charge in [-0.2, -0.15) is 0 Å². The Morgan fingerprint density at radius 2 is 1.78 bits per heavy atom. The number of aromatic nitrogens is 3. The molecule has 3 heterocycles. The topological polar surface area (TPSA) is 84.5 Å². The van der Waals surface area contributed by atoms with Gasteiger partial charge in [0.05, 0.1) is 12.0 Å². The molecule has 41 heavy (non-hydrogen) atoms. The molecule has 2 amide bonds. The van der Waals surface area contributed by atoms with Crippen LogP contribution in [-0.4, -0.2) is 67.8 Å². The molecule has 214 valence electrons. The molecule has 5 rings (SSSR count). The van der Waals surface area contributed by atoms with E-state index in [-0.39, 0.29) is 23.6 Å². The predicted octanol–water partition coefficient (Wildman–Crippen LogP) is 6.03. The van der Waals surface area contributed by atoms with E-state index in [0.29, 0.717) is 41.9 Å². The molecule has 0 bridgehead atoms. The van der Waals surface area contributed by atoms with Crippen LogP contribution in [0.3, 0.4) is 0 Å². The molecule has 0 saturated carbocycles. The van der Waals surface area contributed by atoms with Gasteiger partial charge in [-0.05, 0) is 68.7 Å². The average Bonchev–Trinajstić information content (AvgIpc) is 3.67. The number of nitrogens with zero attached hydrogens (tertiary/aromatic N) is 5. The first-order valence-electron chi connectivity index (χ1n) is 14.3. The maximum absolute atomic E-state index is 13.3. The van der Waals surface area contributed by atoms with E-state index in [1.165, 1.54) is 36.6 Å². The Kier molecular flexibility index (Phi) is 9.24. The zero-order valence-electron chi connectivity index (χ0n) is 24.0. The number of thioether (sulfide) groups is 1. The molecule has 2 aromatic carbocycles. The third-order valence-electron chi connectivity index (χ3n) is 7.50. The summed E-state index contributed by atoms with van der Waals surface area (Å²) in [7, 11) is 0. The fourth-order valence-corrected chi connectivity index (χ4v) is 5.97. The Morgan fingerprint density at radius 3 is 2.46 bits per heavy atom. The highest BCUT2D eigenvalue weighted by Gasteiger charge is 2.30. The van der Waals surface area contributed by atoms with Crippen molar-refractivity contribution in [3.05, 3.63) is 83.6 Å². The van der Waals surface area contributed by atoms with Gasteiger partial charge in [-0.1, -0.05) is 61.4 Å². The highest BCUT2D eigenvalue weighted by atomic mass is 32.2. The quantitative estimate of drug-likeness (QED) is 0.171. The molecule has 4 aromatic rings. The van der Waals surface area contributed by atoms with Crippen LogP contribution < -0.4 is 0 Å². The highest BCUT2D eigenvalue weighted by molar-refractivity contribution is 7.99. The molecule has 1 fully saturated rings. The second kappa shape index (κ2) is 13.2. The summed E-state index contributed by atoms with van der Waals surface area (Å²) >= 11 is 1.36. The molecule has 0 radical (unpaired) electrons. The SMILES string of the molecule is CCCCCc1ccc(C(=O)N2CCN(C(=O)CSc3nnc(-c4ccco4)n3-c3ccc(C)cc3)CC2C)cc1. The summed E-state index contributed by atoms with van der Waals surface area (Å²) in [6.45, 7) is 7.77. The van der Waals surface area contributed by atoms with Crippen LogP contribution in [0, 0.1) is 6.92 Å². The lowest BCUT2D eigenvalue weighted by molar-refractivity contribution is -0.130. The van der Waals surface area contributed by atoms with Gasteiger partial charge in [-0.3, -0.25) is 14.2 Å². The summed E-state index contributed by atoms with van der Waals surface area (Å²) in [5, 5.41) is 9.38. The van der Waals surface area contributed by atoms with Gasteiger partial charge >= 0.3 is 0 Å². The number of amides is 2. The fourth-order valence-electron chi connectivity index (χ4n) is 5.12. The molecule has 1 unspecified atom stereocenters. The molecule has 1 aliphatic heterocycles. The van der Waals surface area contributed by atoms with Crippen molar-refractivity contribution >= 4 is 23.6 Å². The number of unbranched alkanes of at least 4 members (excludes halogenated alkanes) is 2. The van der Waals surface area contributed by atoms with Crippen LogP contribution in [0.5, 0.6) is 0 Å². The lowest BCUT2D eigenvalue weighted by Crippen LogP contribution is -2.55. The molecule has 8 nitrogen and oxygen atoms in total. The number of carbonyl (C=O) groups is 2. The Morgan fingerprint density at radius 1 is 1.00 bits per heavy atom. The van der Waals surface area contributed by atoms with Gasteiger partial charge in [-0.15, -0.1) is 10.2 Å². The van der Waals surface area contributed by atoms with E-state index in [1.807, 2.05) is 76.7 Å². The largest absolute Gasteiger partial charge is 0.461 e. The van der Waals surface area contributed by atoms with Gasteiger partial charge < -0.3 is 14.2 Å². The molecule has 0 aliphatic carbocycles. The van der Waals surface area contributed by atoms with E-state index in [4.69, 9.17) is 4.42 Å². The van der Waals surface area contributed by atoms with Gasteiger partial charge in [0.1, 0.15) is 0 Å². The van der Waals surface area contributed by atoms with Crippen LogP contribution >= 0.6 is 11.8 Å². The van der Waals surface area contributed by atoms with Crippen molar-refractivity contribution in [3.63, 3.8) is 0 Å². The molecule has 1 saturated heterocycles. The molecular formula is C32H37N5O3S. The number of aryl methyl sites for hydroxylation is 2. The van der Waals surface area contributed by atoms with Crippen LogP contribution in [-0.2, 0) is 11.2 Å². The Bertz CT molecular complexity index is 1450. The normalized spacial score (nSPS) is 15.3. The smallest absolute Gasteiger partial charge is 0.254 e. The first kappa shape index (κ1) is 28.7. The third kappa shape index (κ3) is 6.73. The zero-order valence-corrected chi connectivity index (χ0v) is 24.8. The van der Waals surface area contributed by atoms with Crippen LogP contribution in [0.15, 0.2) is 76.5 Å². The maximum atomic E-state index is 13.3. The zero-order chi connectivity index (χ0) is 28.8. The van der Waals surface area contributed by atoms with Gasteiger partial charge in [0, 0.05) is 36.9 Å². The van der Waals surface area contributed by atoms with E-state index < -0.39 is 0 Å². The summed E-state index contributed by atoms with van der Waals surface area (Å²) in [5.41, 5.74) is 4.02. The molecular weight excluding hydrogens is 534 g/mol. The van der Waals surface area contributed by atoms with Crippen LogP contribution in [0.25, 0.3) is 17.3 Å². The Labute approximate surface area is 245 Å². The van der Waals surface area contributed by atoms with Crippen LogP contribution in [0.2, 0.25) is 0 Å². The van der Waals surface area contributed by atoms with Crippen molar-refractivity contribution in [2.24, 2.45) is 0 Å². The van der Waals surface area contributed by atoms with Crippen molar-refractivity contribution in [2.45, 2.75) is 57.7 Å². The minimum absolute atomic E-state index is 0.0170. The number of piperazine rings is 1. The number of hydrogen-bond acceptors (Lipinski definition) is 6. The van der Waals surface area contributed by atoms with Gasteiger partial charge in [0.25, 0.3) is 5.91 Å². The van der Waals surface area contributed by atoms with Crippen molar-refractivity contribution < 1.29 is 14.0 Å². The summed E-state index contributed by atoms with van der Waals surface area (Å²) in [6, 6.07) is 19.7.